The van der Waals surface area contributed by atoms with Crippen LogP contribution in [-0.4, -0.2) is 50.5 Å². The van der Waals surface area contributed by atoms with Crippen LogP contribution in [0.3, 0.4) is 0 Å². The average Bonchev–Trinajstić information content (AvgIpc) is 2.76. The number of rotatable bonds is 11. The van der Waals surface area contributed by atoms with Gasteiger partial charge in [-0.05, 0) is 61.7 Å². The average molecular weight is 563 g/mol. The van der Waals surface area contributed by atoms with E-state index in [0.29, 0.717) is 38.4 Å². The van der Waals surface area contributed by atoms with Crippen molar-refractivity contribution in [3.05, 3.63) is 62.6 Å². The Morgan fingerprint density at radius 2 is 1.69 bits per heavy atom. The van der Waals surface area contributed by atoms with Crippen LogP contribution in [0.25, 0.3) is 0 Å². The van der Waals surface area contributed by atoms with Crippen molar-refractivity contribution < 1.29 is 18.0 Å². The molecule has 0 aliphatic carbocycles. The van der Waals surface area contributed by atoms with E-state index in [1.165, 1.54) is 4.90 Å². The van der Waals surface area contributed by atoms with Gasteiger partial charge in [0.15, 0.2) is 0 Å². The lowest BCUT2D eigenvalue weighted by Crippen LogP contribution is -2.51. The Bertz CT molecular complexity index is 1170. The second kappa shape index (κ2) is 12.8. The summed E-state index contributed by atoms with van der Waals surface area (Å²) in [4.78, 5) is 27.7. The largest absolute Gasteiger partial charge is 0.354 e. The van der Waals surface area contributed by atoms with Gasteiger partial charge in [-0.25, -0.2) is 8.42 Å². The van der Waals surface area contributed by atoms with Gasteiger partial charge in [0, 0.05) is 28.2 Å². The first-order chi connectivity index (χ1) is 16.3. The molecule has 2 rings (SSSR count). The summed E-state index contributed by atoms with van der Waals surface area (Å²) in [6, 6.07) is 8.71. The monoisotopic (exact) mass is 561 g/mol. The molecule has 0 aliphatic heterocycles. The Hall–Kier alpha value is -2.00. The topological polar surface area (TPSA) is 86.8 Å². The molecule has 0 aromatic heterocycles. The molecule has 0 saturated carbocycles. The Morgan fingerprint density at radius 3 is 2.26 bits per heavy atom. The van der Waals surface area contributed by atoms with Gasteiger partial charge in [0.05, 0.1) is 11.9 Å². The number of hydrogen-bond donors (Lipinski definition) is 1. The molecule has 11 heteroatoms. The van der Waals surface area contributed by atoms with E-state index >= 15 is 0 Å². The molecule has 0 bridgehead atoms. The van der Waals surface area contributed by atoms with E-state index in [1.807, 2.05) is 6.92 Å². The number of carbonyl (C=O) groups is 2. The van der Waals surface area contributed by atoms with Crippen LogP contribution in [0.2, 0.25) is 15.1 Å². The molecule has 35 heavy (non-hydrogen) atoms. The molecule has 0 unspecified atom stereocenters. The molecule has 2 aromatic rings. The Kier molecular flexibility index (Phi) is 10.7. The quantitative estimate of drug-likeness (QED) is 0.388. The molecule has 2 aromatic carbocycles. The normalized spacial score (nSPS) is 12.2. The van der Waals surface area contributed by atoms with Gasteiger partial charge in [0.1, 0.15) is 12.6 Å². The number of sulfonamides is 1. The molecule has 0 radical (unpaired) electrons. The summed E-state index contributed by atoms with van der Waals surface area (Å²) >= 11 is 18.4. The van der Waals surface area contributed by atoms with Crippen molar-refractivity contribution in [2.75, 3.05) is 23.7 Å². The van der Waals surface area contributed by atoms with E-state index in [4.69, 9.17) is 34.8 Å². The van der Waals surface area contributed by atoms with E-state index in [-0.39, 0.29) is 12.5 Å². The summed E-state index contributed by atoms with van der Waals surface area (Å²) in [5.74, 6) is -0.903. The van der Waals surface area contributed by atoms with E-state index in [2.05, 4.69) is 5.32 Å². The SMILES string of the molecule is CCCCNC(=O)[C@H](C)N(Cc1ccc(Cl)cc1Cl)C(=O)CN(c1ccc(Cl)cc1C)S(C)(=O)=O. The number of nitrogens with zero attached hydrogens (tertiary/aromatic N) is 2. The molecular formula is C24H30Cl3N3O4S. The summed E-state index contributed by atoms with van der Waals surface area (Å²) in [5.41, 5.74) is 1.49. The highest BCUT2D eigenvalue weighted by atomic mass is 35.5. The highest BCUT2D eigenvalue weighted by molar-refractivity contribution is 7.92. The number of hydrogen-bond acceptors (Lipinski definition) is 4. The van der Waals surface area contributed by atoms with Crippen LogP contribution in [0.5, 0.6) is 0 Å². The van der Waals surface area contributed by atoms with Crippen molar-refractivity contribution in [2.24, 2.45) is 0 Å². The number of aryl methyl sites for hydroxylation is 1. The molecule has 0 aliphatic rings. The first kappa shape index (κ1) is 29.2. The molecule has 0 fully saturated rings. The molecule has 0 spiro atoms. The first-order valence-corrected chi connectivity index (χ1v) is 14.1. The third-order valence-electron chi connectivity index (χ3n) is 5.46. The number of benzene rings is 2. The fourth-order valence-corrected chi connectivity index (χ4v) is 5.05. The Labute approximate surface area is 222 Å². The van der Waals surface area contributed by atoms with Crippen molar-refractivity contribution in [1.29, 1.82) is 0 Å². The minimum atomic E-state index is -3.83. The minimum Gasteiger partial charge on any atom is -0.354 e. The zero-order valence-electron chi connectivity index (χ0n) is 20.1. The smallest absolute Gasteiger partial charge is 0.244 e. The fourth-order valence-electron chi connectivity index (χ4n) is 3.45. The van der Waals surface area contributed by atoms with Crippen LogP contribution < -0.4 is 9.62 Å². The summed E-state index contributed by atoms with van der Waals surface area (Å²) < 4.78 is 26.3. The Balaban J connectivity index is 2.42. The van der Waals surface area contributed by atoms with Gasteiger partial charge >= 0.3 is 0 Å². The summed E-state index contributed by atoms with van der Waals surface area (Å²) in [5, 5.41) is 4.04. The minimum absolute atomic E-state index is 0.00555. The van der Waals surface area contributed by atoms with Crippen LogP contribution in [0.4, 0.5) is 5.69 Å². The number of nitrogens with one attached hydrogen (secondary N) is 1. The summed E-state index contributed by atoms with van der Waals surface area (Å²) in [7, 11) is -3.83. The van der Waals surface area contributed by atoms with Gasteiger partial charge in [-0.15, -0.1) is 0 Å². The number of halogens is 3. The van der Waals surface area contributed by atoms with Crippen molar-refractivity contribution in [1.82, 2.24) is 10.2 Å². The maximum absolute atomic E-state index is 13.6. The van der Waals surface area contributed by atoms with Crippen LogP contribution in [0.1, 0.15) is 37.8 Å². The van der Waals surface area contributed by atoms with E-state index in [0.717, 1.165) is 23.4 Å². The van der Waals surface area contributed by atoms with Crippen LogP contribution in [-0.2, 0) is 26.2 Å². The number of unbranched alkanes of at least 4 members (excludes halogenated alkanes) is 1. The van der Waals surface area contributed by atoms with Crippen LogP contribution in [0.15, 0.2) is 36.4 Å². The lowest BCUT2D eigenvalue weighted by molar-refractivity contribution is -0.139. The van der Waals surface area contributed by atoms with Crippen LogP contribution >= 0.6 is 34.8 Å². The predicted molar refractivity (Wildman–Crippen MR) is 143 cm³/mol. The molecule has 1 N–H and O–H groups in total. The van der Waals surface area contributed by atoms with Gasteiger partial charge in [0.25, 0.3) is 0 Å². The van der Waals surface area contributed by atoms with Gasteiger partial charge in [0.2, 0.25) is 21.8 Å². The third kappa shape index (κ3) is 8.27. The second-order valence-corrected chi connectivity index (χ2v) is 11.5. The van der Waals surface area contributed by atoms with Gasteiger partial charge < -0.3 is 10.2 Å². The van der Waals surface area contributed by atoms with E-state index in [1.54, 1.807) is 50.2 Å². The maximum Gasteiger partial charge on any atom is 0.244 e. The number of carbonyl (C=O) groups excluding carboxylic acids is 2. The highest BCUT2D eigenvalue weighted by Gasteiger charge is 2.31. The van der Waals surface area contributed by atoms with Crippen molar-refractivity contribution in [3.8, 4) is 0 Å². The number of amides is 2. The molecule has 192 valence electrons. The highest BCUT2D eigenvalue weighted by Crippen LogP contribution is 2.27. The summed E-state index contributed by atoms with van der Waals surface area (Å²) in [6.07, 6.45) is 2.73. The van der Waals surface area contributed by atoms with E-state index < -0.39 is 28.5 Å². The molecular weight excluding hydrogens is 533 g/mol. The predicted octanol–water partition coefficient (Wildman–Crippen LogP) is 5.05. The molecule has 0 heterocycles. The zero-order valence-corrected chi connectivity index (χ0v) is 23.2. The van der Waals surface area contributed by atoms with Gasteiger partial charge in [-0.2, -0.15) is 0 Å². The summed E-state index contributed by atoms with van der Waals surface area (Å²) in [6.45, 7) is 5.28. The van der Waals surface area contributed by atoms with Crippen molar-refractivity contribution in [3.63, 3.8) is 0 Å². The van der Waals surface area contributed by atoms with E-state index in [9.17, 15) is 18.0 Å². The first-order valence-electron chi connectivity index (χ1n) is 11.1. The van der Waals surface area contributed by atoms with Gasteiger partial charge in [-0.1, -0.05) is 54.2 Å². The zero-order chi connectivity index (χ0) is 26.3. The second-order valence-electron chi connectivity index (χ2n) is 8.28. The molecule has 7 nitrogen and oxygen atoms in total. The standard InChI is InChI=1S/C24H30Cl3N3O4S/c1-5-6-11-28-24(32)17(3)29(14-18-7-8-20(26)13-21(18)27)23(31)15-30(35(4,33)34)22-10-9-19(25)12-16(22)2/h7-10,12-13,17H,5-6,11,14-15H2,1-4H3,(H,28,32)/t17-/m0/s1. The maximum atomic E-state index is 13.6. The van der Waals surface area contributed by atoms with Crippen LogP contribution in [0, 0.1) is 6.92 Å². The number of anilines is 1. The molecule has 1 atom stereocenters. The van der Waals surface area contributed by atoms with Crippen molar-refractivity contribution >= 4 is 62.3 Å². The molecule has 0 saturated heterocycles. The lowest BCUT2D eigenvalue weighted by atomic mass is 10.1. The fraction of sp³-hybridized carbons (Fsp3) is 0.417. The third-order valence-corrected chi connectivity index (χ3v) is 7.41. The lowest BCUT2D eigenvalue weighted by Gasteiger charge is -2.32. The Morgan fingerprint density at radius 1 is 1.06 bits per heavy atom. The van der Waals surface area contributed by atoms with Gasteiger partial charge in [-0.3, -0.25) is 13.9 Å². The molecule has 2 amide bonds. The van der Waals surface area contributed by atoms with Crippen molar-refractivity contribution in [2.45, 2.75) is 46.2 Å².